The number of anilines is 3. The van der Waals surface area contributed by atoms with Crippen LogP contribution in [0.15, 0.2) is 30.5 Å². The number of nitrogens with one attached hydrogen (secondary N) is 1. The first-order valence-corrected chi connectivity index (χ1v) is 11.9. The molecular weight excluding hydrogens is 402 g/mol. The number of benzene rings is 1. The summed E-state index contributed by atoms with van der Waals surface area (Å²) in [5, 5.41) is 3.31. The van der Waals surface area contributed by atoms with Crippen molar-refractivity contribution >= 4 is 23.4 Å². The standard InChI is InChI=1S/C25H33N5O2/c1-25(2)23(31)30(20-6-4-5-7-20)22-21(32-25)16-26-24(28-22)27-19-10-8-17(9-11-19)18-12-14-29(3)15-13-18/h8-11,16,18,20H,4-7,12-15H2,1-3H3,(H,26,27,28). The van der Waals surface area contributed by atoms with Gasteiger partial charge in [0.25, 0.3) is 5.91 Å². The van der Waals surface area contributed by atoms with Gasteiger partial charge in [0, 0.05) is 11.7 Å². The zero-order valence-corrected chi connectivity index (χ0v) is 19.3. The predicted octanol–water partition coefficient (Wildman–Crippen LogP) is 4.48. The third-order valence-corrected chi connectivity index (χ3v) is 7.11. The summed E-state index contributed by atoms with van der Waals surface area (Å²) in [4.78, 5) is 26.6. The van der Waals surface area contributed by atoms with Crippen LogP contribution in [0, 0.1) is 0 Å². The summed E-state index contributed by atoms with van der Waals surface area (Å²) >= 11 is 0. The maximum absolute atomic E-state index is 13.2. The summed E-state index contributed by atoms with van der Waals surface area (Å²) in [5.41, 5.74) is 1.43. The van der Waals surface area contributed by atoms with E-state index in [-0.39, 0.29) is 11.9 Å². The van der Waals surface area contributed by atoms with Crippen LogP contribution in [-0.2, 0) is 4.79 Å². The number of carbonyl (C=O) groups is 1. The Hall–Kier alpha value is -2.67. The number of hydrogen-bond acceptors (Lipinski definition) is 6. The summed E-state index contributed by atoms with van der Waals surface area (Å²) in [6.07, 6.45) is 8.40. The first-order chi connectivity index (χ1) is 15.4. The summed E-state index contributed by atoms with van der Waals surface area (Å²) in [7, 11) is 2.19. The third kappa shape index (κ3) is 4.06. The minimum absolute atomic E-state index is 0.0240. The van der Waals surface area contributed by atoms with Crippen LogP contribution in [0.5, 0.6) is 5.75 Å². The molecule has 5 rings (SSSR count). The van der Waals surface area contributed by atoms with Crippen molar-refractivity contribution in [3.05, 3.63) is 36.0 Å². The SMILES string of the molecule is CN1CCC(c2ccc(Nc3ncc4c(n3)N(C3CCCC3)C(=O)C(C)(C)O4)cc2)CC1. The molecule has 1 saturated carbocycles. The highest BCUT2D eigenvalue weighted by molar-refractivity contribution is 6.02. The topological polar surface area (TPSA) is 70.6 Å². The van der Waals surface area contributed by atoms with Crippen molar-refractivity contribution in [3.8, 4) is 5.75 Å². The van der Waals surface area contributed by atoms with Gasteiger partial charge in [0.1, 0.15) is 0 Å². The second-order valence-corrected chi connectivity index (χ2v) is 9.93. The number of nitrogens with zero attached hydrogens (tertiary/aromatic N) is 4. The number of hydrogen-bond donors (Lipinski definition) is 1. The largest absolute Gasteiger partial charge is 0.472 e. The second-order valence-electron chi connectivity index (χ2n) is 9.93. The number of ether oxygens (including phenoxy) is 1. The highest BCUT2D eigenvalue weighted by Crippen LogP contribution is 2.40. The van der Waals surface area contributed by atoms with Crippen molar-refractivity contribution in [1.82, 2.24) is 14.9 Å². The monoisotopic (exact) mass is 435 g/mol. The van der Waals surface area contributed by atoms with Gasteiger partial charge in [-0.25, -0.2) is 4.98 Å². The Morgan fingerprint density at radius 3 is 2.44 bits per heavy atom. The van der Waals surface area contributed by atoms with Gasteiger partial charge in [-0.3, -0.25) is 9.69 Å². The van der Waals surface area contributed by atoms with Crippen LogP contribution in [0.25, 0.3) is 0 Å². The van der Waals surface area contributed by atoms with Crippen molar-refractivity contribution in [2.24, 2.45) is 0 Å². The lowest BCUT2D eigenvalue weighted by molar-refractivity contribution is -0.133. The fourth-order valence-corrected chi connectivity index (χ4v) is 5.18. The van der Waals surface area contributed by atoms with E-state index in [4.69, 9.17) is 9.72 Å². The number of fused-ring (bicyclic) bond motifs is 1. The molecule has 0 atom stereocenters. The van der Waals surface area contributed by atoms with Crippen molar-refractivity contribution in [3.63, 3.8) is 0 Å². The maximum atomic E-state index is 13.2. The van der Waals surface area contributed by atoms with Gasteiger partial charge >= 0.3 is 0 Å². The Labute approximate surface area is 190 Å². The van der Waals surface area contributed by atoms with Crippen molar-refractivity contribution < 1.29 is 9.53 Å². The molecule has 0 unspecified atom stereocenters. The Kier molecular flexibility index (Phi) is 5.53. The lowest BCUT2D eigenvalue weighted by atomic mass is 9.89. The molecule has 2 aromatic rings. The molecule has 0 spiro atoms. The first kappa shape index (κ1) is 21.2. The van der Waals surface area contributed by atoms with Gasteiger partial charge in [0.2, 0.25) is 5.95 Å². The normalized spacial score (nSPS) is 22.0. The van der Waals surface area contributed by atoms with E-state index in [9.17, 15) is 4.79 Å². The Morgan fingerprint density at radius 1 is 1.06 bits per heavy atom. The molecule has 170 valence electrons. The number of amides is 1. The molecule has 1 amide bonds. The van der Waals surface area contributed by atoms with Crippen molar-refractivity contribution in [2.75, 3.05) is 30.4 Å². The number of likely N-dealkylation sites (tertiary alicyclic amines) is 1. The molecular formula is C25H33N5O2. The van der Waals surface area contributed by atoms with Crippen molar-refractivity contribution in [2.45, 2.75) is 69.9 Å². The number of carbonyl (C=O) groups excluding carboxylic acids is 1. The third-order valence-electron chi connectivity index (χ3n) is 7.11. The smallest absolute Gasteiger partial charge is 0.272 e. The number of aromatic nitrogens is 2. The van der Waals surface area contributed by atoms with Crippen LogP contribution in [0.4, 0.5) is 17.5 Å². The van der Waals surface area contributed by atoms with E-state index in [1.54, 1.807) is 6.20 Å². The Balaban J connectivity index is 1.36. The summed E-state index contributed by atoms with van der Waals surface area (Å²) in [6.45, 7) is 5.95. The number of rotatable bonds is 4. The maximum Gasteiger partial charge on any atom is 0.272 e. The summed E-state index contributed by atoms with van der Waals surface area (Å²) in [5.74, 6) is 2.25. The molecule has 1 aliphatic carbocycles. The second kappa shape index (κ2) is 8.35. The van der Waals surface area contributed by atoms with E-state index < -0.39 is 5.60 Å². The van der Waals surface area contributed by atoms with Gasteiger partial charge in [0.15, 0.2) is 17.2 Å². The highest BCUT2D eigenvalue weighted by Gasteiger charge is 2.45. The van der Waals surface area contributed by atoms with Crippen LogP contribution in [0.2, 0.25) is 0 Å². The average molecular weight is 436 g/mol. The zero-order valence-electron chi connectivity index (χ0n) is 19.3. The fraction of sp³-hybridized carbons (Fsp3) is 0.560. The molecule has 1 aromatic carbocycles. The van der Waals surface area contributed by atoms with Crippen LogP contribution in [0.3, 0.4) is 0 Å². The molecule has 7 heteroatoms. The first-order valence-electron chi connectivity index (χ1n) is 11.9. The van der Waals surface area contributed by atoms with Crippen LogP contribution < -0.4 is 15.0 Å². The molecule has 0 bridgehead atoms. The van der Waals surface area contributed by atoms with Gasteiger partial charge < -0.3 is 15.0 Å². The van der Waals surface area contributed by atoms with Crippen LogP contribution in [-0.4, -0.2) is 52.6 Å². The summed E-state index contributed by atoms with van der Waals surface area (Å²) < 4.78 is 5.97. The number of piperidine rings is 1. The van der Waals surface area contributed by atoms with Crippen molar-refractivity contribution in [1.29, 1.82) is 0 Å². The van der Waals surface area contributed by atoms with Crippen LogP contribution in [0.1, 0.15) is 63.9 Å². The molecule has 2 fully saturated rings. The fourth-order valence-electron chi connectivity index (χ4n) is 5.18. The average Bonchev–Trinajstić information content (AvgIpc) is 3.30. The molecule has 3 heterocycles. The van der Waals surface area contributed by atoms with Gasteiger partial charge in [0.05, 0.1) is 6.20 Å². The Morgan fingerprint density at radius 2 is 1.75 bits per heavy atom. The quantitative estimate of drug-likeness (QED) is 0.764. The molecule has 7 nitrogen and oxygen atoms in total. The zero-order chi connectivity index (χ0) is 22.3. The van der Waals surface area contributed by atoms with E-state index in [1.807, 2.05) is 18.7 Å². The van der Waals surface area contributed by atoms with Gasteiger partial charge in [-0.15, -0.1) is 0 Å². The predicted molar refractivity (Wildman–Crippen MR) is 126 cm³/mol. The molecule has 1 saturated heterocycles. The van der Waals surface area contributed by atoms with E-state index in [1.165, 1.54) is 18.4 Å². The lowest BCUT2D eigenvalue weighted by Gasteiger charge is -2.40. The molecule has 2 aliphatic heterocycles. The molecule has 0 radical (unpaired) electrons. The van der Waals surface area contributed by atoms with E-state index in [0.29, 0.717) is 23.4 Å². The van der Waals surface area contributed by atoms with Gasteiger partial charge in [-0.05, 0) is 83.3 Å². The van der Waals surface area contributed by atoms with E-state index in [2.05, 4.69) is 46.5 Å². The Bertz CT molecular complexity index is 976. The van der Waals surface area contributed by atoms with Gasteiger partial charge in [-0.2, -0.15) is 4.98 Å². The minimum atomic E-state index is -0.905. The lowest BCUT2D eigenvalue weighted by Crippen LogP contribution is -2.55. The highest BCUT2D eigenvalue weighted by atomic mass is 16.5. The summed E-state index contributed by atoms with van der Waals surface area (Å²) in [6, 6.07) is 8.78. The minimum Gasteiger partial charge on any atom is -0.472 e. The molecule has 1 N–H and O–H groups in total. The van der Waals surface area contributed by atoms with Gasteiger partial charge in [-0.1, -0.05) is 25.0 Å². The molecule has 32 heavy (non-hydrogen) atoms. The molecule has 1 aromatic heterocycles. The molecule has 3 aliphatic rings. The van der Waals surface area contributed by atoms with E-state index in [0.717, 1.165) is 44.5 Å². The van der Waals surface area contributed by atoms with Crippen LogP contribution >= 0.6 is 0 Å². The van der Waals surface area contributed by atoms with E-state index >= 15 is 0 Å².